The van der Waals surface area contributed by atoms with E-state index < -0.39 is 11.9 Å². The number of nitrogens with zero attached hydrogens (tertiary/aromatic N) is 2. The number of aliphatic carboxylic acids is 1. The van der Waals surface area contributed by atoms with Crippen LogP contribution < -0.4 is 0 Å². The van der Waals surface area contributed by atoms with Crippen LogP contribution in [0.4, 0.5) is 0 Å². The van der Waals surface area contributed by atoms with Crippen molar-refractivity contribution in [2.45, 2.75) is 44.9 Å². The molecule has 0 aromatic heterocycles. The van der Waals surface area contributed by atoms with E-state index in [9.17, 15) is 19.5 Å². The zero-order valence-corrected chi connectivity index (χ0v) is 16.5. The highest BCUT2D eigenvalue weighted by atomic mass is 16.4. The standard InChI is InChI=1S/C22H30N2O4/c1-16-6-5-11-24(15-16)21(26)18-9-12-23(13-10-18)20(25)14-19(22(27)28)17-7-3-2-4-8-17/h2-4,7-8,16,18-19H,5-6,9-15H2,1H3,(H,27,28). The Morgan fingerprint density at radius 1 is 1.04 bits per heavy atom. The number of hydrogen-bond acceptors (Lipinski definition) is 3. The number of carboxylic acid groups (broad SMARTS) is 1. The van der Waals surface area contributed by atoms with Gasteiger partial charge in [0.1, 0.15) is 0 Å². The molecule has 152 valence electrons. The molecule has 2 saturated heterocycles. The zero-order valence-electron chi connectivity index (χ0n) is 16.5. The van der Waals surface area contributed by atoms with Crippen molar-refractivity contribution in [3.8, 4) is 0 Å². The van der Waals surface area contributed by atoms with Gasteiger partial charge in [0.2, 0.25) is 11.8 Å². The van der Waals surface area contributed by atoms with Crippen molar-refractivity contribution in [2.75, 3.05) is 26.2 Å². The van der Waals surface area contributed by atoms with Crippen LogP contribution in [-0.2, 0) is 14.4 Å². The Morgan fingerprint density at radius 2 is 1.71 bits per heavy atom. The molecule has 0 aliphatic carbocycles. The van der Waals surface area contributed by atoms with Crippen LogP contribution in [0.5, 0.6) is 0 Å². The average molecular weight is 386 g/mol. The number of likely N-dealkylation sites (tertiary alicyclic amines) is 2. The van der Waals surface area contributed by atoms with Crippen molar-refractivity contribution in [2.24, 2.45) is 11.8 Å². The summed E-state index contributed by atoms with van der Waals surface area (Å²) in [6.45, 7) is 4.93. The van der Waals surface area contributed by atoms with Crippen LogP contribution in [0.3, 0.4) is 0 Å². The Hall–Kier alpha value is -2.37. The molecule has 3 rings (SSSR count). The van der Waals surface area contributed by atoms with Gasteiger partial charge in [-0.15, -0.1) is 0 Å². The first-order valence-electron chi connectivity index (χ1n) is 10.3. The van der Waals surface area contributed by atoms with Crippen molar-refractivity contribution in [3.63, 3.8) is 0 Å². The van der Waals surface area contributed by atoms with Gasteiger partial charge in [0, 0.05) is 38.5 Å². The van der Waals surface area contributed by atoms with E-state index in [2.05, 4.69) is 6.92 Å². The summed E-state index contributed by atoms with van der Waals surface area (Å²) in [5.74, 6) is -1.18. The number of carboxylic acids is 1. The lowest BCUT2D eigenvalue weighted by atomic mass is 9.91. The molecule has 0 spiro atoms. The lowest BCUT2D eigenvalue weighted by molar-refractivity contribution is -0.144. The second-order valence-corrected chi connectivity index (χ2v) is 8.19. The molecular weight excluding hydrogens is 356 g/mol. The van der Waals surface area contributed by atoms with Gasteiger partial charge in [0.15, 0.2) is 0 Å². The Kier molecular flexibility index (Phi) is 6.70. The van der Waals surface area contributed by atoms with Gasteiger partial charge in [0.05, 0.1) is 5.92 Å². The Bertz CT molecular complexity index is 698. The van der Waals surface area contributed by atoms with Gasteiger partial charge in [-0.1, -0.05) is 37.3 Å². The van der Waals surface area contributed by atoms with Gasteiger partial charge < -0.3 is 14.9 Å². The molecule has 6 nitrogen and oxygen atoms in total. The maximum atomic E-state index is 12.8. The number of rotatable bonds is 5. The van der Waals surface area contributed by atoms with Crippen LogP contribution in [0.1, 0.15) is 50.5 Å². The molecule has 2 aliphatic rings. The maximum Gasteiger partial charge on any atom is 0.311 e. The van der Waals surface area contributed by atoms with E-state index in [0.717, 1.165) is 19.5 Å². The Labute approximate surface area is 166 Å². The van der Waals surface area contributed by atoms with Gasteiger partial charge in [-0.25, -0.2) is 0 Å². The third-order valence-corrected chi connectivity index (χ3v) is 6.04. The fourth-order valence-corrected chi connectivity index (χ4v) is 4.36. The lowest BCUT2D eigenvalue weighted by Crippen LogP contribution is -2.47. The molecule has 2 aliphatic heterocycles. The third kappa shape index (κ3) is 4.91. The largest absolute Gasteiger partial charge is 0.481 e. The fraction of sp³-hybridized carbons (Fsp3) is 0.591. The number of amides is 2. The zero-order chi connectivity index (χ0) is 20.1. The molecule has 1 aromatic carbocycles. The SMILES string of the molecule is CC1CCCN(C(=O)C2CCN(C(=O)CC(C(=O)O)c3ccccc3)CC2)C1. The molecule has 2 amide bonds. The first-order valence-corrected chi connectivity index (χ1v) is 10.3. The normalized spacial score (nSPS) is 22.0. The van der Waals surface area contributed by atoms with Crippen molar-refractivity contribution in [3.05, 3.63) is 35.9 Å². The Morgan fingerprint density at radius 3 is 2.32 bits per heavy atom. The van der Waals surface area contributed by atoms with Crippen LogP contribution in [-0.4, -0.2) is 58.9 Å². The van der Waals surface area contributed by atoms with Gasteiger partial charge in [-0.2, -0.15) is 0 Å². The molecule has 2 fully saturated rings. The highest BCUT2D eigenvalue weighted by Crippen LogP contribution is 2.26. The molecule has 6 heteroatoms. The van der Waals surface area contributed by atoms with Crippen LogP contribution in [0.25, 0.3) is 0 Å². The molecule has 1 N–H and O–H groups in total. The minimum absolute atomic E-state index is 0.0151. The molecule has 2 heterocycles. The van der Waals surface area contributed by atoms with Crippen molar-refractivity contribution in [1.82, 2.24) is 9.80 Å². The molecule has 1 aromatic rings. The molecule has 2 unspecified atom stereocenters. The second-order valence-electron chi connectivity index (χ2n) is 8.19. The van der Waals surface area contributed by atoms with Gasteiger partial charge in [-0.3, -0.25) is 14.4 Å². The summed E-state index contributed by atoms with van der Waals surface area (Å²) >= 11 is 0. The number of carbonyl (C=O) groups excluding carboxylic acids is 2. The average Bonchev–Trinajstić information content (AvgIpc) is 2.72. The van der Waals surface area contributed by atoms with Crippen molar-refractivity contribution in [1.29, 1.82) is 0 Å². The van der Waals surface area contributed by atoms with Crippen molar-refractivity contribution < 1.29 is 19.5 Å². The third-order valence-electron chi connectivity index (χ3n) is 6.04. The van der Waals surface area contributed by atoms with E-state index in [0.29, 0.717) is 37.4 Å². The first kappa shape index (κ1) is 20.4. The molecule has 0 radical (unpaired) electrons. The minimum atomic E-state index is -0.983. The lowest BCUT2D eigenvalue weighted by Gasteiger charge is -2.37. The number of hydrogen-bond donors (Lipinski definition) is 1. The molecule has 2 atom stereocenters. The van der Waals surface area contributed by atoms with E-state index >= 15 is 0 Å². The summed E-state index contributed by atoms with van der Waals surface area (Å²) in [7, 11) is 0. The molecule has 0 saturated carbocycles. The van der Waals surface area contributed by atoms with E-state index in [-0.39, 0.29) is 24.2 Å². The van der Waals surface area contributed by atoms with Crippen LogP contribution in [0, 0.1) is 11.8 Å². The fourth-order valence-electron chi connectivity index (χ4n) is 4.36. The second kappa shape index (κ2) is 9.22. The van der Waals surface area contributed by atoms with E-state index in [1.54, 1.807) is 29.2 Å². The van der Waals surface area contributed by atoms with E-state index in [4.69, 9.17) is 0 Å². The smallest absolute Gasteiger partial charge is 0.311 e. The number of benzene rings is 1. The Balaban J connectivity index is 1.53. The summed E-state index contributed by atoms with van der Waals surface area (Å²) in [6.07, 6.45) is 3.54. The summed E-state index contributed by atoms with van der Waals surface area (Å²) < 4.78 is 0. The topological polar surface area (TPSA) is 77.9 Å². The van der Waals surface area contributed by atoms with Gasteiger partial charge in [0.25, 0.3) is 0 Å². The molecular formula is C22H30N2O4. The van der Waals surface area contributed by atoms with E-state index in [1.807, 2.05) is 11.0 Å². The highest BCUT2D eigenvalue weighted by Gasteiger charge is 2.33. The molecule has 0 bridgehead atoms. The summed E-state index contributed by atoms with van der Waals surface area (Å²) in [5.41, 5.74) is 0.646. The summed E-state index contributed by atoms with van der Waals surface area (Å²) in [5, 5.41) is 9.53. The summed E-state index contributed by atoms with van der Waals surface area (Å²) in [6, 6.07) is 8.89. The molecule has 28 heavy (non-hydrogen) atoms. The van der Waals surface area contributed by atoms with E-state index in [1.165, 1.54) is 6.42 Å². The quantitative estimate of drug-likeness (QED) is 0.844. The van der Waals surface area contributed by atoms with Gasteiger partial charge >= 0.3 is 5.97 Å². The van der Waals surface area contributed by atoms with Crippen LogP contribution in [0.2, 0.25) is 0 Å². The van der Waals surface area contributed by atoms with Crippen molar-refractivity contribution >= 4 is 17.8 Å². The highest BCUT2D eigenvalue weighted by molar-refractivity contribution is 5.86. The number of carbonyl (C=O) groups is 3. The maximum absolute atomic E-state index is 12.8. The van der Waals surface area contributed by atoms with Gasteiger partial charge in [-0.05, 0) is 37.2 Å². The van der Waals surface area contributed by atoms with Crippen LogP contribution in [0.15, 0.2) is 30.3 Å². The van der Waals surface area contributed by atoms with Crippen LogP contribution >= 0.6 is 0 Å². The predicted octanol–water partition coefficient (Wildman–Crippen LogP) is 2.74. The monoisotopic (exact) mass is 386 g/mol. The minimum Gasteiger partial charge on any atom is -0.481 e. The summed E-state index contributed by atoms with van der Waals surface area (Å²) in [4.78, 5) is 40.8. The number of piperidine rings is 2. The first-order chi connectivity index (χ1) is 13.5. The predicted molar refractivity (Wildman–Crippen MR) is 106 cm³/mol.